The van der Waals surface area contributed by atoms with Crippen LogP contribution in [0.2, 0.25) is 0 Å². The number of anilines is 1. The van der Waals surface area contributed by atoms with Crippen LogP contribution in [-0.2, 0) is 4.74 Å². The van der Waals surface area contributed by atoms with Crippen molar-refractivity contribution < 1.29 is 27.8 Å². The standard InChI is InChI=1S/C26H21F2N3O4/c1-3-35-26(33)22-15-23(31(30-22)18-10-12-19(34-2)13-11-18)16-6-4-7-17(14-16)29-25(32)24-20(27)8-5-9-21(24)28/h4-15H,3H2,1-2H3,(H,29,32). The summed E-state index contributed by atoms with van der Waals surface area (Å²) in [5, 5.41) is 6.92. The quantitative estimate of drug-likeness (QED) is 0.368. The number of rotatable bonds is 7. The Bertz CT molecular complexity index is 1360. The normalized spacial score (nSPS) is 10.6. The van der Waals surface area contributed by atoms with E-state index in [4.69, 9.17) is 9.47 Å². The molecule has 0 saturated heterocycles. The third kappa shape index (κ3) is 5.03. The maximum Gasteiger partial charge on any atom is 0.358 e. The second-order valence-electron chi connectivity index (χ2n) is 7.38. The topological polar surface area (TPSA) is 82.5 Å². The van der Waals surface area contributed by atoms with Gasteiger partial charge in [-0.2, -0.15) is 5.10 Å². The fourth-order valence-electron chi connectivity index (χ4n) is 3.48. The van der Waals surface area contributed by atoms with E-state index in [0.29, 0.717) is 28.4 Å². The molecule has 0 aliphatic heterocycles. The van der Waals surface area contributed by atoms with Crippen molar-refractivity contribution in [3.63, 3.8) is 0 Å². The zero-order valence-electron chi connectivity index (χ0n) is 18.9. The summed E-state index contributed by atoms with van der Waals surface area (Å²) in [4.78, 5) is 24.9. The lowest BCUT2D eigenvalue weighted by molar-refractivity contribution is 0.0518. The van der Waals surface area contributed by atoms with Crippen molar-refractivity contribution >= 4 is 17.6 Å². The molecule has 1 amide bonds. The van der Waals surface area contributed by atoms with Crippen LogP contribution in [0.1, 0.15) is 27.8 Å². The van der Waals surface area contributed by atoms with E-state index in [1.54, 1.807) is 73.3 Å². The van der Waals surface area contributed by atoms with Crippen LogP contribution in [0.4, 0.5) is 14.5 Å². The molecule has 0 bridgehead atoms. The Morgan fingerprint density at radius 3 is 2.31 bits per heavy atom. The highest BCUT2D eigenvalue weighted by Crippen LogP contribution is 2.28. The van der Waals surface area contributed by atoms with Crippen molar-refractivity contribution in [2.45, 2.75) is 6.92 Å². The zero-order valence-corrected chi connectivity index (χ0v) is 18.9. The maximum absolute atomic E-state index is 14.0. The first-order valence-electron chi connectivity index (χ1n) is 10.7. The van der Waals surface area contributed by atoms with E-state index in [1.807, 2.05) is 0 Å². The Kier molecular flexibility index (Phi) is 6.86. The highest BCUT2D eigenvalue weighted by atomic mass is 19.1. The smallest absolute Gasteiger partial charge is 0.358 e. The van der Waals surface area contributed by atoms with Gasteiger partial charge in [-0.1, -0.05) is 18.2 Å². The second-order valence-corrected chi connectivity index (χ2v) is 7.38. The molecule has 9 heteroatoms. The average molecular weight is 477 g/mol. The van der Waals surface area contributed by atoms with E-state index in [0.717, 1.165) is 12.1 Å². The number of carbonyl (C=O) groups excluding carboxylic acids is 2. The third-order valence-corrected chi connectivity index (χ3v) is 5.12. The summed E-state index contributed by atoms with van der Waals surface area (Å²) in [5.41, 5.74) is 1.50. The number of aromatic nitrogens is 2. The molecule has 0 aliphatic rings. The van der Waals surface area contributed by atoms with E-state index >= 15 is 0 Å². The number of carbonyl (C=O) groups is 2. The van der Waals surface area contributed by atoms with E-state index in [1.165, 1.54) is 6.07 Å². The molecule has 178 valence electrons. The predicted octanol–water partition coefficient (Wildman–Crippen LogP) is 5.26. The molecule has 0 spiro atoms. The molecule has 4 aromatic rings. The zero-order chi connectivity index (χ0) is 24.9. The number of hydrogen-bond donors (Lipinski definition) is 1. The number of hydrogen-bond acceptors (Lipinski definition) is 5. The van der Waals surface area contributed by atoms with Gasteiger partial charge >= 0.3 is 5.97 Å². The van der Waals surface area contributed by atoms with Crippen LogP contribution >= 0.6 is 0 Å². The average Bonchev–Trinajstić information content (AvgIpc) is 3.30. The minimum Gasteiger partial charge on any atom is -0.497 e. The van der Waals surface area contributed by atoms with Gasteiger partial charge in [0.25, 0.3) is 5.91 Å². The summed E-state index contributed by atoms with van der Waals surface area (Å²) in [6, 6.07) is 18.5. The molecule has 1 heterocycles. The first kappa shape index (κ1) is 23.6. The Balaban J connectivity index is 1.73. The van der Waals surface area contributed by atoms with E-state index in [9.17, 15) is 18.4 Å². The van der Waals surface area contributed by atoms with Gasteiger partial charge in [0, 0.05) is 11.3 Å². The molecule has 0 aliphatic carbocycles. The number of esters is 1. The van der Waals surface area contributed by atoms with Crippen LogP contribution in [0, 0.1) is 11.6 Å². The van der Waals surface area contributed by atoms with Crippen molar-refractivity contribution in [2.24, 2.45) is 0 Å². The van der Waals surface area contributed by atoms with Gasteiger partial charge in [-0.25, -0.2) is 18.3 Å². The van der Waals surface area contributed by atoms with Crippen molar-refractivity contribution in [1.29, 1.82) is 0 Å². The summed E-state index contributed by atoms with van der Waals surface area (Å²) in [7, 11) is 1.56. The molecule has 1 aromatic heterocycles. The van der Waals surface area contributed by atoms with Crippen LogP contribution in [0.25, 0.3) is 16.9 Å². The van der Waals surface area contributed by atoms with Gasteiger partial charge in [0.15, 0.2) is 5.69 Å². The van der Waals surface area contributed by atoms with E-state index in [2.05, 4.69) is 10.4 Å². The number of nitrogens with zero attached hydrogens (tertiary/aromatic N) is 2. The monoisotopic (exact) mass is 477 g/mol. The number of benzene rings is 3. The SMILES string of the molecule is CCOC(=O)c1cc(-c2cccc(NC(=O)c3c(F)cccc3F)c2)n(-c2ccc(OC)cc2)n1. The third-order valence-electron chi connectivity index (χ3n) is 5.12. The summed E-state index contributed by atoms with van der Waals surface area (Å²) >= 11 is 0. The van der Waals surface area contributed by atoms with Gasteiger partial charge in [0.2, 0.25) is 0 Å². The summed E-state index contributed by atoms with van der Waals surface area (Å²) < 4.78 is 39.9. The summed E-state index contributed by atoms with van der Waals surface area (Å²) in [6.07, 6.45) is 0. The molecule has 0 radical (unpaired) electrons. The molecule has 4 rings (SSSR count). The molecule has 7 nitrogen and oxygen atoms in total. The van der Waals surface area contributed by atoms with Crippen LogP contribution in [0.15, 0.2) is 72.8 Å². The lowest BCUT2D eigenvalue weighted by atomic mass is 10.1. The van der Waals surface area contributed by atoms with E-state index < -0.39 is 29.1 Å². The van der Waals surface area contributed by atoms with Crippen LogP contribution in [0.5, 0.6) is 5.75 Å². The van der Waals surface area contributed by atoms with Crippen LogP contribution in [0.3, 0.4) is 0 Å². The summed E-state index contributed by atoms with van der Waals surface area (Å²) in [5.74, 6) is -2.78. The van der Waals surface area contributed by atoms with Crippen molar-refractivity contribution in [1.82, 2.24) is 9.78 Å². The number of halogens is 2. The van der Waals surface area contributed by atoms with Crippen LogP contribution in [-0.4, -0.2) is 35.4 Å². The Morgan fingerprint density at radius 1 is 0.971 bits per heavy atom. The highest BCUT2D eigenvalue weighted by Gasteiger charge is 2.20. The predicted molar refractivity (Wildman–Crippen MR) is 126 cm³/mol. The van der Waals surface area contributed by atoms with Crippen molar-refractivity contribution in [3.05, 3.63) is 95.7 Å². The molecule has 1 N–H and O–H groups in total. The molecule has 0 unspecified atom stereocenters. The van der Waals surface area contributed by atoms with Crippen LogP contribution < -0.4 is 10.1 Å². The minimum atomic E-state index is -0.963. The lowest BCUT2D eigenvalue weighted by Crippen LogP contribution is -2.15. The lowest BCUT2D eigenvalue weighted by Gasteiger charge is -2.11. The summed E-state index contributed by atoms with van der Waals surface area (Å²) in [6.45, 7) is 1.89. The van der Waals surface area contributed by atoms with Gasteiger partial charge in [0.1, 0.15) is 22.9 Å². The largest absolute Gasteiger partial charge is 0.497 e. The van der Waals surface area contributed by atoms with Gasteiger partial charge in [-0.05, 0) is 61.5 Å². The van der Waals surface area contributed by atoms with Gasteiger partial charge < -0.3 is 14.8 Å². The first-order valence-corrected chi connectivity index (χ1v) is 10.7. The number of nitrogens with one attached hydrogen (secondary N) is 1. The maximum atomic E-state index is 14.0. The molecule has 0 atom stereocenters. The molecular formula is C26H21F2N3O4. The first-order chi connectivity index (χ1) is 16.9. The molecule has 0 saturated carbocycles. The van der Waals surface area contributed by atoms with E-state index in [-0.39, 0.29) is 12.3 Å². The Labute approximate surface area is 199 Å². The van der Waals surface area contributed by atoms with Gasteiger partial charge in [0.05, 0.1) is 25.1 Å². The second kappa shape index (κ2) is 10.2. The van der Waals surface area contributed by atoms with Crippen molar-refractivity contribution in [2.75, 3.05) is 19.0 Å². The van der Waals surface area contributed by atoms with Crippen molar-refractivity contribution in [3.8, 4) is 22.7 Å². The highest BCUT2D eigenvalue weighted by molar-refractivity contribution is 6.05. The molecular weight excluding hydrogens is 456 g/mol. The number of methoxy groups -OCH3 is 1. The molecule has 35 heavy (non-hydrogen) atoms. The van der Waals surface area contributed by atoms with Gasteiger partial charge in [-0.15, -0.1) is 0 Å². The molecule has 0 fully saturated rings. The minimum absolute atomic E-state index is 0.0977. The number of ether oxygens (including phenoxy) is 2. The Morgan fingerprint density at radius 2 is 1.66 bits per heavy atom. The van der Waals surface area contributed by atoms with Gasteiger partial charge in [-0.3, -0.25) is 4.79 Å². The fraction of sp³-hybridized carbons (Fsp3) is 0.115. The Hall–Kier alpha value is -4.53. The number of amides is 1. The molecule has 3 aromatic carbocycles. The fourth-order valence-corrected chi connectivity index (χ4v) is 3.48.